The van der Waals surface area contributed by atoms with Gasteiger partial charge in [0.25, 0.3) is 0 Å². The van der Waals surface area contributed by atoms with Crippen molar-refractivity contribution in [1.29, 1.82) is 0 Å². The molecule has 6 N–H and O–H groups in total. The number of hydrogen-bond donors (Lipinski definition) is 3. The molecule has 11 heavy (non-hydrogen) atoms. The summed E-state index contributed by atoms with van der Waals surface area (Å²) in [5.41, 5.74) is 17.0. The molecule has 0 aliphatic heterocycles. The van der Waals surface area contributed by atoms with Crippen LogP contribution in [0.5, 0.6) is 0 Å². The summed E-state index contributed by atoms with van der Waals surface area (Å²) in [6.45, 7) is 2.06. The fourth-order valence-electron chi connectivity index (χ4n) is 0.770. The summed E-state index contributed by atoms with van der Waals surface area (Å²) in [7, 11) is 0. The molecule has 0 spiro atoms. The largest absolute Gasteiger partial charge is 0.402 e. The van der Waals surface area contributed by atoms with Crippen LogP contribution >= 0.6 is 0 Å². The van der Waals surface area contributed by atoms with Crippen molar-refractivity contribution in [2.24, 2.45) is 17.2 Å². The summed E-state index contributed by atoms with van der Waals surface area (Å²) in [4.78, 5) is 0. The van der Waals surface area contributed by atoms with Gasteiger partial charge in [-0.3, -0.25) is 0 Å². The predicted molar refractivity (Wildman–Crippen MR) is 48.3 cm³/mol. The van der Waals surface area contributed by atoms with Crippen LogP contribution in [0.4, 0.5) is 0 Å². The molecule has 0 bridgehead atoms. The molecule has 0 aliphatic rings. The molecular formula is C8H17N3. The topological polar surface area (TPSA) is 78.1 Å². The molecular weight excluding hydrogens is 138 g/mol. The maximum Gasteiger partial charge on any atom is 0.0892 e. The lowest BCUT2D eigenvalue weighted by Gasteiger charge is -1.97. The lowest BCUT2D eigenvalue weighted by atomic mass is 10.2. The van der Waals surface area contributed by atoms with Crippen LogP contribution in [-0.4, -0.2) is 0 Å². The highest BCUT2D eigenvalue weighted by Gasteiger charge is 1.87. The van der Waals surface area contributed by atoms with Gasteiger partial charge in [-0.1, -0.05) is 13.0 Å². The molecule has 0 unspecified atom stereocenters. The van der Waals surface area contributed by atoms with Crippen molar-refractivity contribution in [2.45, 2.75) is 26.2 Å². The molecule has 3 heteroatoms. The van der Waals surface area contributed by atoms with Gasteiger partial charge in [-0.05, 0) is 25.3 Å². The molecule has 0 fully saturated rings. The molecule has 0 saturated heterocycles. The van der Waals surface area contributed by atoms with E-state index in [1.165, 1.54) is 0 Å². The second kappa shape index (κ2) is 5.65. The zero-order valence-electron chi connectivity index (χ0n) is 7.01. The van der Waals surface area contributed by atoms with Crippen LogP contribution in [0, 0.1) is 0 Å². The van der Waals surface area contributed by atoms with Gasteiger partial charge in [0.2, 0.25) is 0 Å². The normalized spacial score (nSPS) is 11.2. The minimum Gasteiger partial charge on any atom is -0.402 e. The van der Waals surface area contributed by atoms with E-state index in [9.17, 15) is 0 Å². The third-order valence-electron chi connectivity index (χ3n) is 1.28. The van der Waals surface area contributed by atoms with Crippen molar-refractivity contribution >= 4 is 0 Å². The van der Waals surface area contributed by atoms with E-state index < -0.39 is 0 Å². The molecule has 0 atom stereocenters. The van der Waals surface area contributed by atoms with Crippen molar-refractivity contribution in [1.82, 2.24) is 0 Å². The minimum absolute atomic E-state index is 0.370. The average molecular weight is 155 g/mol. The Balaban J connectivity index is 3.54. The number of rotatable bonds is 4. The van der Waals surface area contributed by atoms with Gasteiger partial charge >= 0.3 is 0 Å². The van der Waals surface area contributed by atoms with E-state index in [1.807, 2.05) is 6.08 Å². The first-order valence-electron chi connectivity index (χ1n) is 3.82. The Morgan fingerprint density at radius 2 is 1.82 bits per heavy atom. The van der Waals surface area contributed by atoms with E-state index in [0.717, 1.165) is 25.0 Å². The summed E-state index contributed by atoms with van der Waals surface area (Å²) in [5, 5.41) is 0. The molecule has 0 aromatic carbocycles. The zero-order valence-corrected chi connectivity index (χ0v) is 7.01. The summed E-state index contributed by atoms with van der Waals surface area (Å²) in [6.07, 6.45) is 6.42. The van der Waals surface area contributed by atoms with Crippen molar-refractivity contribution in [3.8, 4) is 0 Å². The van der Waals surface area contributed by atoms with Crippen LogP contribution in [-0.2, 0) is 0 Å². The SMILES string of the molecule is CC/C=C(\N)CCC=C(N)N. The second-order valence-electron chi connectivity index (χ2n) is 2.43. The summed E-state index contributed by atoms with van der Waals surface area (Å²) >= 11 is 0. The van der Waals surface area contributed by atoms with Crippen LogP contribution in [0.1, 0.15) is 26.2 Å². The van der Waals surface area contributed by atoms with E-state index >= 15 is 0 Å². The Kier molecular flexibility index (Phi) is 5.07. The van der Waals surface area contributed by atoms with Gasteiger partial charge in [0.15, 0.2) is 0 Å². The third kappa shape index (κ3) is 6.77. The van der Waals surface area contributed by atoms with Gasteiger partial charge < -0.3 is 17.2 Å². The molecule has 0 heterocycles. The number of nitrogens with two attached hydrogens (primary N) is 3. The Morgan fingerprint density at radius 1 is 1.18 bits per heavy atom. The fourth-order valence-corrected chi connectivity index (χ4v) is 0.770. The van der Waals surface area contributed by atoms with Crippen molar-refractivity contribution < 1.29 is 0 Å². The van der Waals surface area contributed by atoms with Gasteiger partial charge in [-0.15, -0.1) is 0 Å². The molecule has 0 aromatic rings. The summed E-state index contributed by atoms with van der Waals surface area (Å²) < 4.78 is 0. The highest BCUT2D eigenvalue weighted by molar-refractivity contribution is 4.99. The Bertz CT molecular complexity index is 155. The number of hydrogen-bond acceptors (Lipinski definition) is 3. The molecule has 0 radical (unpaired) electrons. The second-order valence-corrected chi connectivity index (χ2v) is 2.43. The maximum atomic E-state index is 5.62. The Labute approximate surface area is 67.9 Å². The molecule has 64 valence electrons. The summed E-state index contributed by atoms with van der Waals surface area (Å²) in [5.74, 6) is 0.370. The van der Waals surface area contributed by atoms with E-state index in [-0.39, 0.29) is 0 Å². The van der Waals surface area contributed by atoms with Gasteiger partial charge in [0.1, 0.15) is 0 Å². The molecule has 0 aromatic heterocycles. The molecule has 0 amide bonds. The van der Waals surface area contributed by atoms with Gasteiger partial charge in [0.05, 0.1) is 5.82 Å². The van der Waals surface area contributed by atoms with Crippen LogP contribution in [0.3, 0.4) is 0 Å². The smallest absolute Gasteiger partial charge is 0.0892 e. The average Bonchev–Trinajstić information content (AvgIpc) is 1.87. The van der Waals surface area contributed by atoms with Crippen molar-refractivity contribution in [2.75, 3.05) is 0 Å². The minimum atomic E-state index is 0.370. The first-order valence-corrected chi connectivity index (χ1v) is 3.82. The molecule has 0 saturated carbocycles. The molecule has 0 rings (SSSR count). The standard InChI is InChI=1S/C8H17N3/c1-2-4-7(9)5-3-6-8(10)11/h4,6H,2-3,5,9-11H2,1H3/b7-4-. The van der Waals surface area contributed by atoms with Gasteiger partial charge in [-0.2, -0.15) is 0 Å². The predicted octanol–water partition coefficient (Wildman–Crippen LogP) is 0.778. The Hall–Kier alpha value is -1.12. The zero-order chi connectivity index (χ0) is 8.69. The fraction of sp³-hybridized carbons (Fsp3) is 0.500. The van der Waals surface area contributed by atoms with E-state index in [1.54, 1.807) is 6.08 Å². The van der Waals surface area contributed by atoms with E-state index in [2.05, 4.69) is 6.92 Å². The highest BCUT2D eigenvalue weighted by atomic mass is 14.8. The van der Waals surface area contributed by atoms with Crippen LogP contribution < -0.4 is 17.2 Å². The quantitative estimate of drug-likeness (QED) is 0.561. The lowest BCUT2D eigenvalue weighted by molar-refractivity contribution is 0.931. The third-order valence-corrected chi connectivity index (χ3v) is 1.28. The number of allylic oxidation sites excluding steroid dienone is 3. The van der Waals surface area contributed by atoms with Gasteiger partial charge in [0, 0.05) is 5.70 Å². The molecule has 3 nitrogen and oxygen atoms in total. The lowest BCUT2D eigenvalue weighted by Crippen LogP contribution is -2.07. The van der Waals surface area contributed by atoms with Gasteiger partial charge in [-0.25, -0.2) is 0 Å². The van der Waals surface area contributed by atoms with Crippen LogP contribution in [0.15, 0.2) is 23.7 Å². The molecule has 0 aliphatic carbocycles. The Morgan fingerprint density at radius 3 is 2.27 bits per heavy atom. The van der Waals surface area contributed by atoms with E-state index in [4.69, 9.17) is 17.2 Å². The van der Waals surface area contributed by atoms with Crippen molar-refractivity contribution in [3.63, 3.8) is 0 Å². The van der Waals surface area contributed by atoms with Crippen LogP contribution in [0.25, 0.3) is 0 Å². The first-order chi connectivity index (χ1) is 5.16. The van der Waals surface area contributed by atoms with E-state index in [0.29, 0.717) is 5.82 Å². The first kappa shape index (κ1) is 9.88. The van der Waals surface area contributed by atoms with Crippen molar-refractivity contribution in [3.05, 3.63) is 23.7 Å². The van der Waals surface area contributed by atoms with Crippen LogP contribution in [0.2, 0.25) is 0 Å². The maximum absolute atomic E-state index is 5.62. The highest BCUT2D eigenvalue weighted by Crippen LogP contribution is 2.00. The summed E-state index contributed by atoms with van der Waals surface area (Å²) in [6, 6.07) is 0. The monoisotopic (exact) mass is 155 g/mol.